The lowest BCUT2D eigenvalue weighted by Gasteiger charge is -2.10. The number of thioether (sulfide) groups is 1. The van der Waals surface area contributed by atoms with Crippen LogP contribution in [0, 0.1) is 0 Å². The minimum absolute atomic E-state index is 0.0188. The number of carbonyl (C=O) groups is 1. The van der Waals surface area contributed by atoms with Crippen molar-refractivity contribution in [1.82, 2.24) is 4.90 Å². The number of methoxy groups -OCH3 is 1. The topological polar surface area (TPSA) is 49.8 Å². The minimum Gasteiger partial charge on any atom is -0.504 e. The van der Waals surface area contributed by atoms with E-state index in [1.807, 2.05) is 0 Å². The van der Waals surface area contributed by atoms with Crippen LogP contribution >= 0.6 is 39.9 Å². The Morgan fingerprint density at radius 2 is 2.29 bits per heavy atom. The summed E-state index contributed by atoms with van der Waals surface area (Å²) in [7, 11) is 1.47. The molecule has 0 saturated carbocycles. The van der Waals surface area contributed by atoms with E-state index in [1.54, 1.807) is 24.3 Å². The Kier molecular flexibility index (Phi) is 5.08. The number of phenolic OH excluding ortho intramolecular Hbond substituents is 1. The quantitative estimate of drug-likeness (QED) is 0.487. The zero-order valence-electron chi connectivity index (χ0n) is 11.1. The fourth-order valence-corrected chi connectivity index (χ4v) is 3.51. The normalized spacial score (nSPS) is 16.7. The predicted octanol–water partition coefficient (Wildman–Crippen LogP) is 3.55. The summed E-state index contributed by atoms with van der Waals surface area (Å²) in [6, 6.07) is 3.35. The largest absolute Gasteiger partial charge is 0.504 e. The molecule has 110 valence electrons. The van der Waals surface area contributed by atoms with Gasteiger partial charge in [0.1, 0.15) is 4.32 Å². The van der Waals surface area contributed by atoms with Crippen molar-refractivity contribution in [3.8, 4) is 11.5 Å². The first-order chi connectivity index (χ1) is 9.97. The van der Waals surface area contributed by atoms with E-state index >= 15 is 0 Å². The molecule has 2 rings (SSSR count). The lowest BCUT2D eigenvalue weighted by Crippen LogP contribution is -2.27. The number of aromatic hydroxyl groups is 1. The third kappa shape index (κ3) is 3.30. The summed E-state index contributed by atoms with van der Waals surface area (Å²) < 4.78 is 6.31. The highest BCUT2D eigenvalue weighted by molar-refractivity contribution is 9.10. The van der Waals surface area contributed by atoms with Crippen molar-refractivity contribution in [2.45, 2.75) is 0 Å². The molecule has 0 spiro atoms. The Balaban J connectivity index is 2.41. The average molecular weight is 386 g/mol. The number of benzene rings is 1. The predicted molar refractivity (Wildman–Crippen MR) is 92.4 cm³/mol. The SMILES string of the molecule is C=CCN1C(=O)/C(=C\c2cc(Br)cc(OC)c2O)SC1=S. The van der Waals surface area contributed by atoms with E-state index in [-0.39, 0.29) is 11.7 Å². The van der Waals surface area contributed by atoms with Crippen molar-refractivity contribution < 1.29 is 14.6 Å². The van der Waals surface area contributed by atoms with Gasteiger partial charge in [-0.1, -0.05) is 46.0 Å². The number of ether oxygens (including phenoxy) is 1. The van der Waals surface area contributed by atoms with Gasteiger partial charge in [0.25, 0.3) is 5.91 Å². The maximum atomic E-state index is 12.2. The standard InChI is InChI=1S/C14H12BrNO3S2/c1-3-4-16-13(18)11(21-14(16)20)6-8-5-9(15)7-10(19-2)12(8)17/h3,5-7,17H,1,4H2,2H3/b11-6+. The smallest absolute Gasteiger partial charge is 0.266 e. The van der Waals surface area contributed by atoms with Gasteiger partial charge in [-0.25, -0.2) is 0 Å². The Morgan fingerprint density at radius 1 is 1.57 bits per heavy atom. The molecule has 1 N–H and O–H groups in total. The Hall–Kier alpha value is -1.31. The van der Waals surface area contributed by atoms with Crippen molar-refractivity contribution in [2.24, 2.45) is 0 Å². The van der Waals surface area contributed by atoms with Gasteiger partial charge in [-0.05, 0) is 18.2 Å². The van der Waals surface area contributed by atoms with Crippen LogP contribution in [0.15, 0.2) is 34.2 Å². The van der Waals surface area contributed by atoms with Crippen molar-refractivity contribution >= 4 is 56.2 Å². The Labute approximate surface area is 140 Å². The van der Waals surface area contributed by atoms with Gasteiger partial charge in [0.2, 0.25) is 0 Å². The molecule has 0 unspecified atom stereocenters. The van der Waals surface area contributed by atoms with Crippen LogP contribution in [0.5, 0.6) is 11.5 Å². The Bertz CT molecular complexity index is 658. The van der Waals surface area contributed by atoms with Gasteiger partial charge in [-0.2, -0.15) is 0 Å². The summed E-state index contributed by atoms with van der Waals surface area (Å²) >= 11 is 9.70. The number of thiocarbonyl (C=S) groups is 1. The zero-order chi connectivity index (χ0) is 15.6. The summed E-state index contributed by atoms with van der Waals surface area (Å²) in [6.07, 6.45) is 3.22. The molecule has 0 radical (unpaired) electrons. The molecule has 0 bridgehead atoms. The number of hydrogen-bond donors (Lipinski definition) is 1. The number of phenols is 1. The molecule has 0 aromatic heterocycles. The lowest BCUT2D eigenvalue weighted by atomic mass is 10.1. The first-order valence-corrected chi connectivity index (χ1v) is 7.92. The van der Waals surface area contributed by atoms with Crippen molar-refractivity contribution in [2.75, 3.05) is 13.7 Å². The molecule has 0 atom stereocenters. The third-order valence-electron chi connectivity index (χ3n) is 2.76. The van der Waals surface area contributed by atoms with Gasteiger partial charge in [0.05, 0.1) is 12.0 Å². The molecule has 1 aromatic rings. The van der Waals surface area contributed by atoms with E-state index in [0.29, 0.717) is 27.1 Å². The van der Waals surface area contributed by atoms with Crippen molar-refractivity contribution in [1.29, 1.82) is 0 Å². The van der Waals surface area contributed by atoms with Gasteiger partial charge >= 0.3 is 0 Å². The molecule has 4 nitrogen and oxygen atoms in total. The van der Waals surface area contributed by atoms with Crippen LogP contribution in [0.1, 0.15) is 5.56 Å². The molecule has 1 heterocycles. The van der Waals surface area contributed by atoms with Crippen LogP contribution in [-0.2, 0) is 4.79 Å². The van der Waals surface area contributed by atoms with Crippen LogP contribution in [-0.4, -0.2) is 33.9 Å². The van der Waals surface area contributed by atoms with Gasteiger partial charge in [0.15, 0.2) is 11.5 Å². The highest BCUT2D eigenvalue weighted by Crippen LogP contribution is 2.38. The van der Waals surface area contributed by atoms with Crippen molar-refractivity contribution in [3.05, 3.63) is 39.7 Å². The summed E-state index contributed by atoms with van der Waals surface area (Å²) in [5.74, 6) is 0.120. The maximum Gasteiger partial charge on any atom is 0.266 e. The highest BCUT2D eigenvalue weighted by atomic mass is 79.9. The van der Waals surface area contributed by atoms with Crippen LogP contribution < -0.4 is 4.74 Å². The molecule has 1 aliphatic rings. The van der Waals surface area contributed by atoms with E-state index in [2.05, 4.69) is 22.5 Å². The Morgan fingerprint density at radius 3 is 2.90 bits per heavy atom. The molecule has 1 fully saturated rings. The van der Waals surface area contributed by atoms with Crippen LogP contribution in [0.2, 0.25) is 0 Å². The van der Waals surface area contributed by atoms with E-state index in [9.17, 15) is 9.90 Å². The van der Waals surface area contributed by atoms with Gasteiger partial charge in [-0.15, -0.1) is 6.58 Å². The summed E-state index contributed by atoms with van der Waals surface area (Å²) in [5.41, 5.74) is 0.486. The molecule has 1 amide bonds. The fourth-order valence-electron chi connectivity index (χ4n) is 1.79. The fraction of sp³-hybridized carbons (Fsp3) is 0.143. The summed E-state index contributed by atoms with van der Waals surface area (Å²) in [6.45, 7) is 3.98. The molecule has 0 aliphatic carbocycles. The monoisotopic (exact) mass is 385 g/mol. The minimum atomic E-state index is -0.191. The summed E-state index contributed by atoms with van der Waals surface area (Å²) in [4.78, 5) is 14.2. The van der Waals surface area contributed by atoms with Crippen LogP contribution in [0.3, 0.4) is 0 Å². The maximum absolute atomic E-state index is 12.2. The summed E-state index contributed by atoms with van der Waals surface area (Å²) in [5, 5.41) is 10.1. The van der Waals surface area contributed by atoms with E-state index in [1.165, 1.54) is 23.8 Å². The molecule has 1 saturated heterocycles. The van der Waals surface area contributed by atoms with Crippen molar-refractivity contribution in [3.63, 3.8) is 0 Å². The molecular formula is C14H12BrNO3S2. The molecule has 1 aliphatic heterocycles. The van der Waals surface area contributed by atoms with E-state index in [0.717, 1.165) is 4.47 Å². The highest BCUT2D eigenvalue weighted by Gasteiger charge is 2.31. The second kappa shape index (κ2) is 6.64. The van der Waals surface area contributed by atoms with E-state index in [4.69, 9.17) is 17.0 Å². The molecular weight excluding hydrogens is 374 g/mol. The van der Waals surface area contributed by atoms with Gasteiger partial charge in [-0.3, -0.25) is 9.69 Å². The lowest BCUT2D eigenvalue weighted by molar-refractivity contribution is -0.121. The van der Waals surface area contributed by atoms with Crippen LogP contribution in [0.4, 0.5) is 0 Å². The van der Waals surface area contributed by atoms with Gasteiger partial charge in [0, 0.05) is 16.6 Å². The second-order valence-electron chi connectivity index (χ2n) is 4.13. The van der Waals surface area contributed by atoms with Crippen LogP contribution in [0.25, 0.3) is 6.08 Å². The number of rotatable bonds is 4. The van der Waals surface area contributed by atoms with E-state index < -0.39 is 0 Å². The molecule has 21 heavy (non-hydrogen) atoms. The number of amides is 1. The zero-order valence-corrected chi connectivity index (χ0v) is 14.3. The number of carbonyl (C=O) groups excluding carboxylic acids is 1. The molecule has 1 aromatic carbocycles. The number of nitrogens with zero attached hydrogens (tertiary/aromatic N) is 1. The average Bonchev–Trinajstić information content (AvgIpc) is 2.70. The first kappa shape index (κ1) is 16.1. The van der Waals surface area contributed by atoms with Gasteiger partial charge < -0.3 is 9.84 Å². The third-order valence-corrected chi connectivity index (χ3v) is 4.60. The number of hydrogen-bond acceptors (Lipinski definition) is 5. The second-order valence-corrected chi connectivity index (χ2v) is 6.72. The molecule has 7 heteroatoms. The number of halogens is 1. The first-order valence-electron chi connectivity index (χ1n) is 5.90.